The van der Waals surface area contributed by atoms with Crippen molar-refractivity contribution in [1.82, 2.24) is 126 Å². The number of nitrogens with two attached hydrogens (primary N) is 1. The number of aromatic carboxylic acids is 1. The zero-order valence-corrected chi connectivity index (χ0v) is 63.3. The third kappa shape index (κ3) is 18.2. The first-order valence-corrected chi connectivity index (χ1v) is 35.9. The van der Waals surface area contributed by atoms with Crippen molar-refractivity contribution in [3.8, 4) is 34.2 Å². The van der Waals surface area contributed by atoms with Gasteiger partial charge in [-0.1, -0.05) is 60.7 Å². The summed E-state index contributed by atoms with van der Waals surface area (Å²) < 4.78 is 75.7. The first-order valence-electron chi connectivity index (χ1n) is 35.9. The molecular formula is C84H67F5N26O3. The van der Waals surface area contributed by atoms with Crippen LogP contribution in [0.2, 0.25) is 0 Å². The minimum absolute atomic E-state index is 0.121. The normalized spacial score (nSPS) is 11.5. The molecule has 0 aliphatic heterocycles. The summed E-state index contributed by atoms with van der Waals surface area (Å²) in [5.41, 5.74) is 13.5. The molecule has 0 bridgehead atoms. The van der Waals surface area contributed by atoms with E-state index in [1.165, 1.54) is 47.1 Å². The standard InChI is InChI=1S/C18H15FN6.2C17H13FN6.C16H14FN5O.C16H12FN3O2/c1-11-21-18(23-22-11)13-8-14-16(6-5-12-4-3-7-20-10-12)24-25(2)17(14)9-15(13)19;1-10-20-17(24-21-10)12-7-13-15(22-23-16(13)8-14(12)18)5-4-11-3-2-6-19-9-11;1-10-20-17(24-21-10)12-7-13-15(22-23-16(13)14(18)8-12)5-4-11-3-2-6-19-9-11;1-22-15-8-13(17)11(16(23)20-18)7-12(15)14(21-22)5-4-10-3-2-6-19-9-10;1-20-15-8-13(17)11(16(21)22)7-12(15)14(19-20)5-4-10-3-2-6-18-9-10/h3-10H,1-2H3,(H,21,22,23);2*2-9H,1H3,(H,22,23)(H,20,21,24);2-9H,18H2,1H3,(H,20,23);2-9H,1H3,(H,21,22)/b6-5+;4*5-4+. The van der Waals surface area contributed by atoms with Gasteiger partial charge in [0, 0.05) is 140 Å². The van der Waals surface area contributed by atoms with Crippen molar-refractivity contribution in [2.45, 2.75) is 20.8 Å². The zero-order valence-electron chi connectivity index (χ0n) is 63.3. The number of carboxylic acid groups (broad SMARTS) is 1. The third-order valence-corrected chi connectivity index (χ3v) is 18.0. The number of H-pyrrole nitrogens is 5. The van der Waals surface area contributed by atoms with E-state index in [1.54, 1.807) is 138 Å². The summed E-state index contributed by atoms with van der Waals surface area (Å²) in [6, 6.07) is 33.6. The number of fused-ring (bicyclic) bond motifs is 5. The summed E-state index contributed by atoms with van der Waals surface area (Å²) in [4.78, 5) is 55.6. The lowest BCUT2D eigenvalue weighted by Crippen LogP contribution is -2.30. The van der Waals surface area contributed by atoms with E-state index in [-0.39, 0.29) is 22.5 Å². The first-order chi connectivity index (χ1) is 57.2. The maximum atomic E-state index is 14.5. The van der Waals surface area contributed by atoms with E-state index in [9.17, 15) is 31.5 Å². The van der Waals surface area contributed by atoms with Crippen LogP contribution in [0.5, 0.6) is 0 Å². The molecule has 5 aromatic carbocycles. The van der Waals surface area contributed by atoms with Gasteiger partial charge < -0.3 is 5.11 Å². The number of benzene rings is 5. The summed E-state index contributed by atoms with van der Waals surface area (Å²) in [7, 11) is 5.19. The number of halogens is 5. The van der Waals surface area contributed by atoms with E-state index in [4.69, 9.17) is 10.9 Å². The van der Waals surface area contributed by atoms with Crippen molar-refractivity contribution in [2.24, 2.45) is 27.0 Å². The minimum atomic E-state index is -1.30. The Morgan fingerprint density at radius 1 is 0.398 bits per heavy atom. The Bertz CT molecular complexity index is 6830. The molecule has 118 heavy (non-hydrogen) atoms. The molecule has 0 aliphatic carbocycles. The van der Waals surface area contributed by atoms with Crippen molar-refractivity contribution in [3.05, 3.63) is 297 Å². The highest BCUT2D eigenvalue weighted by Crippen LogP contribution is 2.33. The summed E-state index contributed by atoms with van der Waals surface area (Å²) in [5.74, 6) is 3.56. The average Bonchev–Trinajstić information content (AvgIpc) is 1.65. The molecule has 0 spiro atoms. The highest BCUT2D eigenvalue weighted by atomic mass is 19.1. The summed E-state index contributed by atoms with van der Waals surface area (Å²) in [6.45, 7) is 5.34. The Kier molecular flexibility index (Phi) is 23.5. The molecule has 13 heterocycles. The number of aromatic amines is 5. The van der Waals surface area contributed by atoms with Crippen molar-refractivity contribution < 1.29 is 36.6 Å². The van der Waals surface area contributed by atoms with Crippen LogP contribution in [0.4, 0.5) is 22.0 Å². The van der Waals surface area contributed by atoms with Gasteiger partial charge in [0.05, 0.1) is 72.8 Å². The fraction of sp³-hybridized carbons (Fsp3) is 0.0714. The number of rotatable bonds is 15. The number of hydrogen-bond donors (Lipinski definition) is 8. The van der Waals surface area contributed by atoms with Crippen LogP contribution in [-0.2, 0) is 21.1 Å². The molecule has 18 aromatic rings. The number of hydrogen-bond acceptors (Lipinski definition) is 19. The summed E-state index contributed by atoms with van der Waals surface area (Å²) in [5, 5.41) is 60.1. The smallest absolute Gasteiger partial charge is 0.338 e. The lowest BCUT2D eigenvalue weighted by atomic mass is 10.1. The second kappa shape index (κ2) is 35.3. The molecule has 586 valence electrons. The van der Waals surface area contributed by atoms with E-state index >= 15 is 0 Å². The van der Waals surface area contributed by atoms with Crippen LogP contribution >= 0.6 is 0 Å². The molecule has 0 fully saturated rings. The first kappa shape index (κ1) is 78.6. The van der Waals surface area contributed by atoms with Crippen LogP contribution in [0, 0.1) is 49.9 Å². The van der Waals surface area contributed by atoms with Crippen molar-refractivity contribution >= 4 is 127 Å². The minimum Gasteiger partial charge on any atom is -0.478 e. The lowest BCUT2D eigenvalue weighted by molar-refractivity contribution is 0.0691. The molecule has 0 unspecified atom stereocenters. The lowest BCUT2D eigenvalue weighted by Gasteiger charge is -2.02. The summed E-state index contributed by atoms with van der Waals surface area (Å²) >= 11 is 0. The van der Waals surface area contributed by atoms with Gasteiger partial charge >= 0.3 is 5.97 Å². The SMILES string of the molecule is Cc1nc(-c2cc(F)c3n[nH]c(/C=C/c4cccnc4)c3c2)n[nH]1.Cc1nc(-c2cc3c(/C=C/c4cccnc4)n[nH]c3cc2F)n[nH]1.Cc1nc(-c2cc3c(/C=C/c4cccnc4)nn(C)c3cc2F)n[nH]1.Cn1nc(/C=C/c2cccnc2)c2cc(C(=O)NN)c(F)cc21.Cn1nc(/C=C/c2cccnc2)c2cc(C(=O)O)c(F)cc21. The van der Waals surface area contributed by atoms with Gasteiger partial charge in [-0.2, -0.15) is 40.8 Å². The number of nitrogens with zero attached hydrogens (tertiary/aromatic N) is 19. The number of aryl methyl sites for hydroxylation is 6. The summed E-state index contributed by atoms with van der Waals surface area (Å²) in [6.07, 6.45) is 35.7. The van der Waals surface area contributed by atoms with Gasteiger partial charge in [-0.05, 0) is 146 Å². The maximum absolute atomic E-state index is 14.5. The second-order valence-electron chi connectivity index (χ2n) is 26.2. The predicted molar refractivity (Wildman–Crippen MR) is 439 cm³/mol. The number of hydrazine groups is 1. The molecule has 0 radical (unpaired) electrons. The number of carboxylic acids is 1. The molecule has 9 N–H and O–H groups in total. The molecule has 34 heteroatoms. The molecule has 0 saturated heterocycles. The van der Waals surface area contributed by atoms with Crippen LogP contribution in [-0.4, -0.2) is 137 Å². The number of carbonyl (C=O) groups is 2. The topological polar surface area (TPSA) is 392 Å². The molecule has 1 amide bonds. The van der Waals surface area contributed by atoms with Crippen LogP contribution in [0.15, 0.2) is 183 Å². The van der Waals surface area contributed by atoms with Crippen molar-refractivity contribution in [2.75, 3.05) is 0 Å². The average molecular weight is 1580 g/mol. The van der Waals surface area contributed by atoms with Crippen LogP contribution in [0.3, 0.4) is 0 Å². The van der Waals surface area contributed by atoms with Crippen LogP contribution in [0.1, 0.15) is 94.5 Å². The van der Waals surface area contributed by atoms with E-state index in [0.717, 1.165) is 44.3 Å². The Labute approximate surface area is 665 Å². The number of aromatic nitrogens is 24. The zero-order chi connectivity index (χ0) is 82.5. The van der Waals surface area contributed by atoms with Crippen molar-refractivity contribution in [1.29, 1.82) is 0 Å². The van der Waals surface area contributed by atoms with Gasteiger partial charge in [0.25, 0.3) is 5.91 Å². The monoisotopic (exact) mass is 1580 g/mol. The Morgan fingerprint density at radius 2 is 0.788 bits per heavy atom. The third-order valence-electron chi connectivity index (χ3n) is 18.0. The maximum Gasteiger partial charge on any atom is 0.338 e. The quantitative estimate of drug-likeness (QED) is 0.0204. The van der Waals surface area contributed by atoms with Crippen molar-refractivity contribution in [3.63, 3.8) is 0 Å². The number of carbonyl (C=O) groups excluding carboxylic acids is 1. The van der Waals surface area contributed by atoms with Gasteiger partial charge in [-0.15, -0.1) is 0 Å². The van der Waals surface area contributed by atoms with Gasteiger partial charge in [-0.25, -0.2) is 47.5 Å². The van der Waals surface area contributed by atoms with E-state index in [1.807, 2.05) is 121 Å². The van der Waals surface area contributed by atoms with Gasteiger partial charge in [-0.3, -0.25) is 74.7 Å². The van der Waals surface area contributed by atoms with Gasteiger partial charge in [0.2, 0.25) is 0 Å². The van der Waals surface area contributed by atoms with E-state index < -0.39 is 35.1 Å². The van der Waals surface area contributed by atoms with Crippen LogP contribution in [0.25, 0.3) is 149 Å². The molecule has 0 saturated carbocycles. The van der Waals surface area contributed by atoms with Gasteiger partial charge in [0.1, 0.15) is 46.3 Å². The molecule has 0 atom stereocenters. The predicted octanol–water partition coefficient (Wildman–Crippen LogP) is 15.0. The second-order valence-corrected chi connectivity index (χ2v) is 26.2. The largest absolute Gasteiger partial charge is 0.478 e. The Morgan fingerprint density at radius 3 is 1.20 bits per heavy atom. The molecule has 0 aliphatic rings. The molecular weight excluding hydrogens is 1520 g/mol. The Balaban J connectivity index is 0.000000121. The van der Waals surface area contributed by atoms with E-state index in [2.05, 4.69) is 106 Å². The Hall–Kier alpha value is -16.1. The number of nitrogens with one attached hydrogen (secondary N) is 6. The molecule has 13 aromatic heterocycles. The fourth-order valence-electron chi connectivity index (χ4n) is 12.2. The molecule has 29 nitrogen and oxygen atoms in total. The number of pyridine rings is 5. The number of amides is 1. The van der Waals surface area contributed by atoms with E-state index in [0.29, 0.717) is 113 Å². The van der Waals surface area contributed by atoms with Crippen LogP contribution < -0.4 is 11.3 Å². The fourth-order valence-corrected chi connectivity index (χ4v) is 12.2. The highest BCUT2D eigenvalue weighted by Gasteiger charge is 2.21. The number of nitrogen functional groups attached to an aromatic ring is 1. The van der Waals surface area contributed by atoms with Gasteiger partial charge in [0.15, 0.2) is 23.3 Å². The highest BCUT2D eigenvalue weighted by molar-refractivity contribution is 6.01. The molecule has 18 rings (SSSR count).